The number of phenols is 1. The van der Waals surface area contributed by atoms with Crippen LogP contribution in [0.5, 0.6) is 11.5 Å². The number of benzene rings is 1. The van der Waals surface area contributed by atoms with Crippen molar-refractivity contribution in [3.8, 4) is 11.5 Å². The fraction of sp³-hybridized carbons (Fsp3) is 0.421. The first-order valence-electron chi connectivity index (χ1n) is 8.54. The summed E-state index contributed by atoms with van der Waals surface area (Å²) >= 11 is 0. The van der Waals surface area contributed by atoms with Crippen LogP contribution in [0.4, 0.5) is 0 Å². The molecule has 2 aliphatic heterocycles. The second-order valence-electron chi connectivity index (χ2n) is 6.77. The molecule has 2 N–H and O–H groups in total. The van der Waals surface area contributed by atoms with Crippen LogP contribution in [0.3, 0.4) is 0 Å². The number of aromatic hydroxyl groups is 1. The van der Waals surface area contributed by atoms with E-state index in [9.17, 15) is 9.90 Å². The van der Waals surface area contributed by atoms with E-state index in [1.807, 2.05) is 0 Å². The number of nitrogens with zero attached hydrogens (tertiary/aromatic N) is 2. The van der Waals surface area contributed by atoms with Gasteiger partial charge in [0.15, 0.2) is 6.29 Å². The summed E-state index contributed by atoms with van der Waals surface area (Å²) in [5, 5.41) is 12.0. The average Bonchev–Trinajstić information content (AvgIpc) is 3.19. The van der Waals surface area contributed by atoms with E-state index in [4.69, 9.17) is 4.74 Å². The topological polar surface area (TPSA) is 65.0 Å². The molecule has 1 aromatic carbocycles. The molecule has 25 heavy (non-hydrogen) atoms. The molecule has 0 spiro atoms. The summed E-state index contributed by atoms with van der Waals surface area (Å²) < 4.78 is 5.88. The molecule has 0 saturated carbocycles. The third kappa shape index (κ3) is 3.55. The predicted octanol–water partition coefficient (Wildman–Crippen LogP) is 1.94. The second-order valence-corrected chi connectivity index (χ2v) is 6.77. The lowest BCUT2D eigenvalue weighted by Gasteiger charge is -2.28. The zero-order chi connectivity index (χ0) is 18.0. The number of hydrogen-bond acceptors (Lipinski definition) is 6. The van der Waals surface area contributed by atoms with Crippen molar-refractivity contribution in [1.82, 2.24) is 15.3 Å². The van der Waals surface area contributed by atoms with E-state index in [1.165, 1.54) is 22.9 Å². The summed E-state index contributed by atoms with van der Waals surface area (Å²) in [6, 6.07) is 5.24. The summed E-state index contributed by atoms with van der Waals surface area (Å²) in [6.45, 7) is 7.24. The molecule has 1 aromatic rings. The maximum absolute atomic E-state index is 11.2. The van der Waals surface area contributed by atoms with Crippen LogP contribution in [0.15, 0.2) is 41.1 Å². The Labute approximate surface area is 148 Å². The van der Waals surface area contributed by atoms with Gasteiger partial charge in [0.2, 0.25) is 0 Å². The summed E-state index contributed by atoms with van der Waals surface area (Å²) in [4.78, 5) is 13.4. The molecule has 3 rings (SSSR count). The quantitative estimate of drug-likeness (QED) is 0.770. The van der Waals surface area contributed by atoms with Gasteiger partial charge < -0.3 is 14.9 Å². The Morgan fingerprint density at radius 1 is 1.36 bits per heavy atom. The third-order valence-electron chi connectivity index (χ3n) is 4.52. The van der Waals surface area contributed by atoms with Crippen LogP contribution < -0.4 is 10.2 Å². The van der Waals surface area contributed by atoms with E-state index < -0.39 is 0 Å². The Morgan fingerprint density at radius 2 is 2.16 bits per heavy atom. The third-order valence-corrected chi connectivity index (χ3v) is 4.52. The van der Waals surface area contributed by atoms with Crippen molar-refractivity contribution in [3.05, 3.63) is 46.7 Å². The molecule has 2 heterocycles. The molecule has 2 aliphatic rings. The minimum absolute atomic E-state index is 0.0565. The second kappa shape index (κ2) is 7.29. The lowest BCUT2D eigenvalue weighted by atomic mass is 10.1. The van der Waals surface area contributed by atoms with Crippen LogP contribution >= 0.6 is 0 Å². The summed E-state index contributed by atoms with van der Waals surface area (Å²) in [7, 11) is 2.08. The monoisotopic (exact) mass is 343 g/mol. The van der Waals surface area contributed by atoms with E-state index >= 15 is 0 Å². The van der Waals surface area contributed by atoms with Crippen LogP contribution in [0.2, 0.25) is 0 Å². The number of rotatable bonds is 6. The minimum Gasteiger partial charge on any atom is -0.507 e. The van der Waals surface area contributed by atoms with Gasteiger partial charge in [-0.2, -0.15) is 0 Å². The number of aldehydes is 1. The van der Waals surface area contributed by atoms with Crippen molar-refractivity contribution >= 4 is 6.29 Å². The molecule has 0 aliphatic carbocycles. The van der Waals surface area contributed by atoms with Crippen molar-refractivity contribution in [1.29, 1.82) is 0 Å². The van der Waals surface area contributed by atoms with E-state index in [0.29, 0.717) is 24.7 Å². The first-order valence-corrected chi connectivity index (χ1v) is 8.54. The number of likely N-dealkylation sites (N-methyl/N-ethyl adjacent to an activating group) is 1. The van der Waals surface area contributed by atoms with Crippen LogP contribution in [-0.4, -0.2) is 60.6 Å². The van der Waals surface area contributed by atoms with E-state index in [0.717, 1.165) is 19.6 Å². The molecule has 0 radical (unpaired) electrons. The highest BCUT2D eigenvalue weighted by molar-refractivity contribution is 5.83. The number of ether oxygens (including phenoxy) is 1. The zero-order valence-electron chi connectivity index (χ0n) is 15.0. The highest BCUT2D eigenvalue weighted by Gasteiger charge is 2.28. The number of carbonyl (C=O) groups excluding carboxylic acids is 1. The fourth-order valence-electron chi connectivity index (χ4n) is 3.35. The SMILES string of the molecule is CC(C)N1NCC=C1C1=C(COc2cccc(O)c2C=O)CN(C)C1. The van der Waals surface area contributed by atoms with Crippen molar-refractivity contribution < 1.29 is 14.6 Å². The highest BCUT2D eigenvalue weighted by Crippen LogP contribution is 2.30. The van der Waals surface area contributed by atoms with Gasteiger partial charge in [0, 0.05) is 25.7 Å². The Hall–Kier alpha value is -2.31. The first kappa shape index (κ1) is 17.5. The van der Waals surface area contributed by atoms with E-state index in [-0.39, 0.29) is 11.3 Å². The van der Waals surface area contributed by atoms with Crippen LogP contribution in [0, 0.1) is 0 Å². The van der Waals surface area contributed by atoms with Gasteiger partial charge in [-0.05, 0) is 50.3 Å². The highest BCUT2D eigenvalue weighted by atomic mass is 16.5. The molecule has 0 unspecified atom stereocenters. The van der Waals surface area contributed by atoms with Crippen LogP contribution in [-0.2, 0) is 0 Å². The van der Waals surface area contributed by atoms with Gasteiger partial charge >= 0.3 is 0 Å². The molecular weight excluding hydrogens is 318 g/mol. The molecule has 0 bridgehead atoms. The summed E-state index contributed by atoms with van der Waals surface area (Å²) in [5.41, 5.74) is 7.26. The van der Waals surface area contributed by atoms with Crippen LogP contribution in [0.1, 0.15) is 24.2 Å². The average molecular weight is 343 g/mol. The number of hydrogen-bond donors (Lipinski definition) is 2. The Balaban J connectivity index is 1.82. The molecule has 0 saturated heterocycles. The lowest BCUT2D eigenvalue weighted by molar-refractivity contribution is 0.111. The first-order chi connectivity index (χ1) is 12.0. The number of nitrogens with one attached hydrogen (secondary N) is 1. The van der Waals surface area contributed by atoms with Gasteiger partial charge in [-0.3, -0.25) is 9.69 Å². The van der Waals surface area contributed by atoms with Crippen molar-refractivity contribution in [3.63, 3.8) is 0 Å². The fourth-order valence-corrected chi connectivity index (χ4v) is 3.35. The van der Waals surface area contributed by atoms with Gasteiger partial charge in [-0.25, -0.2) is 5.43 Å². The molecule has 134 valence electrons. The largest absolute Gasteiger partial charge is 0.507 e. The molecular formula is C19H25N3O3. The minimum atomic E-state index is -0.0565. The van der Waals surface area contributed by atoms with E-state index in [2.05, 4.69) is 42.3 Å². The van der Waals surface area contributed by atoms with Gasteiger partial charge in [-0.1, -0.05) is 6.07 Å². The van der Waals surface area contributed by atoms with Crippen LogP contribution in [0.25, 0.3) is 0 Å². The molecule has 0 aromatic heterocycles. The van der Waals surface area contributed by atoms with Gasteiger partial charge in [0.1, 0.15) is 18.1 Å². The molecule has 0 amide bonds. The molecule has 6 heteroatoms. The standard InChI is InChI=1S/C19H25N3O3/c1-13(2)22-17(7-8-20-22)15-10-21(3)9-14(15)12-25-19-6-4-5-18(24)16(19)11-23/h4-7,11,13,20,24H,8-10,12H2,1-3H3. The smallest absolute Gasteiger partial charge is 0.157 e. The Morgan fingerprint density at radius 3 is 2.88 bits per heavy atom. The van der Waals surface area contributed by atoms with Gasteiger partial charge in [0.25, 0.3) is 0 Å². The van der Waals surface area contributed by atoms with Crippen molar-refractivity contribution in [2.75, 3.05) is 33.3 Å². The maximum Gasteiger partial charge on any atom is 0.157 e. The Bertz CT molecular complexity index is 725. The lowest BCUT2D eigenvalue weighted by Crippen LogP contribution is -2.38. The molecule has 0 atom stereocenters. The predicted molar refractivity (Wildman–Crippen MR) is 96.6 cm³/mol. The maximum atomic E-state index is 11.2. The number of phenolic OH excluding ortho intramolecular Hbond substituents is 1. The summed E-state index contributed by atoms with van der Waals surface area (Å²) in [5.74, 6) is 0.356. The number of hydrazine groups is 1. The molecule has 6 nitrogen and oxygen atoms in total. The number of carbonyl (C=O) groups is 1. The molecule has 0 fully saturated rings. The van der Waals surface area contributed by atoms with Gasteiger partial charge in [-0.15, -0.1) is 0 Å². The summed E-state index contributed by atoms with van der Waals surface area (Å²) in [6.07, 6.45) is 2.84. The Kier molecular flexibility index (Phi) is 5.11. The van der Waals surface area contributed by atoms with Gasteiger partial charge in [0.05, 0.1) is 11.3 Å². The van der Waals surface area contributed by atoms with E-state index in [1.54, 1.807) is 12.1 Å². The van der Waals surface area contributed by atoms with Crippen molar-refractivity contribution in [2.24, 2.45) is 0 Å². The normalized spacial score (nSPS) is 18.2. The zero-order valence-corrected chi connectivity index (χ0v) is 15.0. The van der Waals surface area contributed by atoms with Crippen molar-refractivity contribution in [2.45, 2.75) is 19.9 Å².